The van der Waals surface area contributed by atoms with Gasteiger partial charge in [-0.25, -0.2) is 4.39 Å². The van der Waals surface area contributed by atoms with Crippen molar-refractivity contribution in [1.29, 1.82) is 0 Å². The molecule has 0 N–H and O–H groups in total. The molecular formula is C17H24FNO2. The number of carbonyl (C=O) groups excluding carboxylic acids is 1. The molecule has 0 spiro atoms. The lowest BCUT2D eigenvalue weighted by atomic mass is 10.1. The number of halogens is 1. The molecule has 0 amide bonds. The van der Waals surface area contributed by atoms with Crippen molar-refractivity contribution < 1.29 is 13.9 Å². The highest BCUT2D eigenvalue weighted by molar-refractivity contribution is 6.00. The van der Waals surface area contributed by atoms with Gasteiger partial charge in [-0.1, -0.05) is 19.8 Å². The molecular weight excluding hydrogens is 269 g/mol. The predicted octanol–water partition coefficient (Wildman–Crippen LogP) is 3.67. The number of nitrogens with zero attached hydrogens (tertiary/aromatic N) is 1. The van der Waals surface area contributed by atoms with E-state index in [0.29, 0.717) is 23.9 Å². The third-order valence-corrected chi connectivity index (χ3v) is 4.28. The van der Waals surface area contributed by atoms with Gasteiger partial charge in [0.1, 0.15) is 11.6 Å². The first kappa shape index (κ1) is 16.0. The van der Waals surface area contributed by atoms with Crippen molar-refractivity contribution in [3.05, 3.63) is 29.6 Å². The third kappa shape index (κ3) is 4.03. The lowest BCUT2D eigenvalue weighted by Crippen LogP contribution is -2.38. The van der Waals surface area contributed by atoms with Crippen molar-refractivity contribution in [2.24, 2.45) is 0 Å². The minimum absolute atomic E-state index is 0.0632. The Bertz CT molecular complexity index is 490. The minimum Gasteiger partial charge on any atom is -0.496 e. The summed E-state index contributed by atoms with van der Waals surface area (Å²) in [7, 11) is 1.50. The molecule has 0 bridgehead atoms. The zero-order valence-electron chi connectivity index (χ0n) is 12.9. The molecule has 0 saturated carbocycles. The maximum atomic E-state index is 13.4. The first-order valence-electron chi connectivity index (χ1n) is 7.76. The van der Waals surface area contributed by atoms with Gasteiger partial charge in [-0.15, -0.1) is 0 Å². The van der Waals surface area contributed by atoms with Crippen molar-refractivity contribution in [2.45, 2.75) is 45.1 Å². The molecule has 0 aliphatic carbocycles. The summed E-state index contributed by atoms with van der Waals surface area (Å²) in [6, 6.07) is 4.56. The van der Waals surface area contributed by atoms with E-state index in [1.165, 1.54) is 38.2 Å². The van der Waals surface area contributed by atoms with Gasteiger partial charge in [0.15, 0.2) is 5.78 Å². The number of likely N-dealkylation sites (tertiary alicyclic amines) is 1. The molecule has 1 fully saturated rings. The minimum atomic E-state index is -0.401. The summed E-state index contributed by atoms with van der Waals surface area (Å²) in [5, 5.41) is 0. The second kappa shape index (κ2) is 7.55. The van der Waals surface area contributed by atoms with Crippen LogP contribution in [0, 0.1) is 5.82 Å². The van der Waals surface area contributed by atoms with Crippen molar-refractivity contribution in [2.75, 3.05) is 20.2 Å². The molecule has 1 aliphatic heterocycles. The Balaban J connectivity index is 2.14. The van der Waals surface area contributed by atoms with Crippen LogP contribution in [0.3, 0.4) is 0 Å². The van der Waals surface area contributed by atoms with Crippen LogP contribution in [0.15, 0.2) is 18.2 Å². The Labute approximate surface area is 126 Å². The summed E-state index contributed by atoms with van der Waals surface area (Å²) in [5.41, 5.74) is 0.344. The molecule has 1 heterocycles. The van der Waals surface area contributed by atoms with E-state index >= 15 is 0 Å². The maximum absolute atomic E-state index is 13.4. The molecule has 0 aromatic heterocycles. The van der Waals surface area contributed by atoms with Crippen molar-refractivity contribution >= 4 is 5.78 Å². The highest BCUT2D eigenvalue weighted by atomic mass is 19.1. The van der Waals surface area contributed by atoms with Gasteiger partial charge in [-0.3, -0.25) is 9.69 Å². The Hall–Kier alpha value is -1.42. The topological polar surface area (TPSA) is 29.5 Å². The van der Waals surface area contributed by atoms with Gasteiger partial charge in [0.2, 0.25) is 0 Å². The van der Waals surface area contributed by atoms with E-state index < -0.39 is 5.82 Å². The predicted molar refractivity (Wildman–Crippen MR) is 81.4 cm³/mol. The Morgan fingerprint density at radius 1 is 1.38 bits per heavy atom. The van der Waals surface area contributed by atoms with Crippen LogP contribution in [0.25, 0.3) is 0 Å². The summed E-state index contributed by atoms with van der Waals surface area (Å²) in [6.07, 6.45) is 5.78. The number of ketones is 1. The van der Waals surface area contributed by atoms with E-state index in [4.69, 9.17) is 4.74 Å². The van der Waals surface area contributed by atoms with E-state index in [9.17, 15) is 9.18 Å². The Morgan fingerprint density at radius 2 is 2.19 bits per heavy atom. The second-order valence-corrected chi connectivity index (χ2v) is 5.65. The number of ether oxygens (including phenoxy) is 1. The average Bonchev–Trinajstić information content (AvgIpc) is 2.72. The first-order chi connectivity index (χ1) is 10.2. The summed E-state index contributed by atoms with van der Waals surface area (Å²) < 4.78 is 18.6. The molecule has 0 radical (unpaired) electrons. The number of carbonyl (C=O) groups is 1. The fraction of sp³-hybridized carbons (Fsp3) is 0.588. The van der Waals surface area contributed by atoms with Gasteiger partial charge in [-0.05, 0) is 44.0 Å². The van der Waals surface area contributed by atoms with Crippen LogP contribution in [0.4, 0.5) is 4.39 Å². The van der Waals surface area contributed by atoms with E-state index in [2.05, 4.69) is 11.8 Å². The highest BCUT2D eigenvalue weighted by Crippen LogP contribution is 2.23. The number of rotatable bonds is 5. The third-order valence-electron chi connectivity index (χ3n) is 4.28. The van der Waals surface area contributed by atoms with E-state index in [1.807, 2.05) is 0 Å². The Kier molecular flexibility index (Phi) is 5.74. The highest BCUT2D eigenvalue weighted by Gasteiger charge is 2.23. The van der Waals surface area contributed by atoms with Crippen LogP contribution < -0.4 is 4.74 Å². The monoisotopic (exact) mass is 293 g/mol. The molecule has 3 nitrogen and oxygen atoms in total. The summed E-state index contributed by atoms with van der Waals surface area (Å²) >= 11 is 0. The van der Waals surface area contributed by atoms with Crippen LogP contribution in [-0.2, 0) is 0 Å². The average molecular weight is 293 g/mol. The van der Waals surface area contributed by atoms with E-state index in [-0.39, 0.29) is 5.78 Å². The number of methoxy groups -OCH3 is 1. The Morgan fingerprint density at radius 3 is 2.90 bits per heavy atom. The molecule has 116 valence electrons. The number of hydrogen-bond acceptors (Lipinski definition) is 3. The van der Waals surface area contributed by atoms with Crippen LogP contribution in [0.1, 0.15) is 49.4 Å². The van der Waals surface area contributed by atoms with Gasteiger partial charge >= 0.3 is 0 Å². The van der Waals surface area contributed by atoms with Crippen molar-refractivity contribution in [3.63, 3.8) is 0 Å². The second-order valence-electron chi connectivity index (χ2n) is 5.65. The standard InChI is InChI=1S/C17H24FNO2/c1-3-14-7-5-4-6-10-19(14)12-16(20)15-11-13(18)8-9-17(15)21-2/h8-9,11,14H,3-7,10,12H2,1-2H3. The largest absolute Gasteiger partial charge is 0.496 e. The molecule has 1 saturated heterocycles. The van der Waals surface area contributed by atoms with E-state index in [0.717, 1.165) is 25.8 Å². The van der Waals surface area contributed by atoms with Crippen molar-refractivity contribution in [1.82, 2.24) is 4.90 Å². The zero-order valence-corrected chi connectivity index (χ0v) is 12.9. The molecule has 21 heavy (non-hydrogen) atoms. The number of benzene rings is 1. The first-order valence-corrected chi connectivity index (χ1v) is 7.76. The van der Waals surface area contributed by atoms with Crippen LogP contribution in [0.2, 0.25) is 0 Å². The fourth-order valence-corrected chi connectivity index (χ4v) is 3.07. The molecule has 4 heteroatoms. The fourth-order valence-electron chi connectivity index (χ4n) is 3.07. The van der Waals surface area contributed by atoms with E-state index in [1.54, 1.807) is 0 Å². The molecule has 1 aromatic rings. The molecule has 1 aromatic carbocycles. The maximum Gasteiger partial charge on any atom is 0.180 e. The summed E-state index contributed by atoms with van der Waals surface area (Å²) in [5.74, 6) is -0.0157. The lowest BCUT2D eigenvalue weighted by Gasteiger charge is -2.28. The quantitative estimate of drug-likeness (QED) is 0.776. The van der Waals surface area contributed by atoms with Gasteiger partial charge in [0.25, 0.3) is 0 Å². The zero-order chi connectivity index (χ0) is 15.2. The van der Waals surface area contributed by atoms with Gasteiger partial charge < -0.3 is 4.74 Å². The lowest BCUT2D eigenvalue weighted by molar-refractivity contribution is 0.0887. The summed E-state index contributed by atoms with van der Waals surface area (Å²) in [4.78, 5) is 14.8. The normalized spacial score (nSPS) is 20.0. The molecule has 1 atom stereocenters. The van der Waals surface area contributed by atoms with Gasteiger partial charge in [0.05, 0.1) is 19.2 Å². The number of hydrogen-bond donors (Lipinski definition) is 0. The van der Waals surface area contributed by atoms with Crippen LogP contribution >= 0.6 is 0 Å². The molecule has 1 unspecified atom stereocenters. The number of Topliss-reactive ketones (excluding diaryl/α,β-unsaturated/α-hetero) is 1. The van der Waals surface area contributed by atoms with Gasteiger partial charge in [0, 0.05) is 6.04 Å². The summed E-state index contributed by atoms with van der Waals surface area (Å²) in [6.45, 7) is 3.45. The van der Waals surface area contributed by atoms with Crippen LogP contribution in [-0.4, -0.2) is 36.9 Å². The molecule has 1 aliphatic rings. The van der Waals surface area contributed by atoms with Gasteiger partial charge in [-0.2, -0.15) is 0 Å². The molecule has 2 rings (SSSR count). The SMILES string of the molecule is CCC1CCCCCN1CC(=O)c1cc(F)ccc1OC. The van der Waals surface area contributed by atoms with Crippen LogP contribution in [0.5, 0.6) is 5.75 Å². The van der Waals surface area contributed by atoms with Crippen molar-refractivity contribution in [3.8, 4) is 5.75 Å². The smallest absolute Gasteiger partial charge is 0.180 e.